The zero-order valence-corrected chi connectivity index (χ0v) is 19.0. The van der Waals surface area contributed by atoms with Crippen molar-refractivity contribution in [2.75, 3.05) is 6.61 Å². The second kappa shape index (κ2) is 10.7. The van der Waals surface area contributed by atoms with E-state index in [9.17, 15) is 10.1 Å². The van der Waals surface area contributed by atoms with Crippen LogP contribution in [0.2, 0.25) is 0 Å². The Morgan fingerprint density at radius 2 is 2.06 bits per heavy atom. The van der Waals surface area contributed by atoms with Gasteiger partial charge < -0.3 is 13.9 Å². The summed E-state index contributed by atoms with van der Waals surface area (Å²) >= 11 is 6.13. The molecule has 0 N–H and O–H groups in total. The third-order valence-electron chi connectivity index (χ3n) is 5.20. The maximum atomic E-state index is 12.9. The van der Waals surface area contributed by atoms with E-state index in [0.29, 0.717) is 35.4 Å². The number of pyridine rings is 1. The molecule has 170 valence electrons. The molecule has 1 aliphatic carbocycles. The lowest BCUT2D eigenvalue weighted by molar-refractivity contribution is -0.151. The Morgan fingerprint density at radius 3 is 2.71 bits per heavy atom. The van der Waals surface area contributed by atoms with Crippen LogP contribution < -0.4 is 4.74 Å². The minimum Gasteiger partial charge on any atom is -0.464 e. The summed E-state index contributed by atoms with van der Waals surface area (Å²) in [5.41, 5.74) is 2.77. The number of aromatic nitrogens is 1. The molecular weight excluding hydrogens is 452 g/mol. The van der Waals surface area contributed by atoms with Crippen LogP contribution in [0.25, 0.3) is 16.9 Å². The molecule has 0 radical (unpaired) electrons. The van der Waals surface area contributed by atoms with Crippen LogP contribution in [-0.2, 0) is 9.53 Å². The van der Waals surface area contributed by atoms with Gasteiger partial charge in [0.1, 0.15) is 24.0 Å². The maximum absolute atomic E-state index is 12.9. The number of ether oxygens (including phenoxy) is 2. The van der Waals surface area contributed by atoms with E-state index in [1.165, 1.54) is 12.3 Å². The molecule has 2 aromatic heterocycles. The minimum atomic E-state index is -1.13. The number of carbonyl (C=O) groups is 1. The molecule has 0 spiro atoms. The second-order valence-corrected chi connectivity index (χ2v) is 7.94. The zero-order valence-electron chi connectivity index (χ0n) is 18.2. The Bertz CT molecular complexity index is 1290. The van der Waals surface area contributed by atoms with Crippen LogP contribution in [0.1, 0.15) is 35.8 Å². The highest BCUT2D eigenvalue weighted by Crippen LogP contribution is 2.36. The average Bonchev–Trinajstić information content (AvgIpc) is 3.41. The SMILES string of the molecule is C=CCOC(=O)C(Oc1nc(C2=CC=C(Cl)CC2)cc(-c2ccco2)c1C#N)c1ccccc1. The fourth-order valence-electron chi connectivity index (χ4n) is 3.54. The van der Waals surface area contributed by atoms with Gasteiger partial charge in [-0.3, -0.25) is 0 Å². The van der Waals surface area contributed by atoms with Crippen LogP contribution in [0, 0.1) is 11.3 Å². The van der Waals surface area contributed by atoms with Crippen LogP contribution in [0.15, 0.2) is 89.1 Å². The number of rotatable bonds is 8. The van der Waals surface area contributed by atoms with Crippen LogP contribution in [0.5, 0.6) is 5.88 Å². The number of allylic oxidation sites excluding steroid dienone is 4. The van der Waals surface area contributed by atoms with Crippen LogP contribution in [0.3, 0.4) is 0 Å². The lowest BCUT2D eigenvalue weighted by Gasteiger charge is -2.20. The van der Waals surface area contributed by atoms with Gasteiger partial charge in [0.05, 0.1) is 12.0 Å². The first-order chi connectivity index (χ1) is 16.6. The van der Waals surface area contributed by atoms with Gasteiger partial charge in [0.2, 0.25) is 12.0 Å². The molecule has 0 saturated carbocycles. The minimum absolute atomic E-state index is 0.0114. The summed E-state index contributed by atoms with van der Waals surface area (Å²) < 4.78 is 17.0. The highest BCUT2D eigenvalue weighted by molar-refractivity contribution is 6.29. The van der Waals surface area contributed by atoms with Crippen molar-refractivity contribution in [3.8, 4) is 23.3 Å². The van der Waals surface area contributed by atoms with Gasteiger partial charge in [-0.1, -0.05) is 60.7 Å². The molecule has 0 amide bonds. The van der Waals surface area contributed by atoms with E-state index >= 15 is 0 Å². The number of hydrogen-bond donors (Lipinski definition) is 0. The highest BCUT2D eigenvalue weighted by Gasteiger charge is 2.28. The zero-order chi connectivity index (χ0) is 23.9. The largest absolute Gasteiger partial charge is 0.464 e. The van der Waals surface area contributed by atoms with Crippen molar-refractivity contribution in [3.05, 3.63) is 101 Å². The van der Waals surface area contributed by atoms with Gasteiger partial charge in [-0.15, -0.1) is 0 Å². The summed E-state index contributed by atoms with van der Waals surface area (Å²) in [4.78, 5) is 17.5. The second-order valence-electron chi connectivity index (χ2n) is 7.46. The molecule has 7 heteroatoms. The van der Waals surface area contributed by atoms with Crippen molar-refractivity contribution in [2.24, 2.45) is 0 Å². The van der Waals surface area contributed by atoms with Crippen LogP contribution in [-0.4, -0.2) is 17.6 Å². The topological polar surface area (TPSA) is 85.3 Å². The van der Waals surface area contributed by atoms with E-state index < -0.39 is 12.1 Å². The summed E-state index contributed by atoms with van der Waals surface area (Å²) in [6.45, 7) is 3.61. The quantitative estimate of drug-likeness (QED) is 0.280. The first-order valence-corrected chi connectivity index (χ1v) is 11.0. The molecule has 34 heavy (non-hydrogen) atoms. The lowest BCUT2D eigenvalue weighted by Crippen LogP contribution is -2.22. The predicted molar refractivity (Wildman–Crippen MR) is 129 cm³/mol. The van der Waals surface area contributed by atoms with E-state index in [2.05, 4.69) is 17.6 Å². The molecule has 1 unspecified atom stereocenters. The molecular formula is C27H21ClN2O4. The Kier molecular flexibility index (Phi) is 7.26. The van der Waals surface area contributed by atoms with Gasteiger partial charge in [-0.05, 0) is 42.7 Å². The summed E-state index contributed by atoms with van der Waals surface area (Å²) in [6, 6.07) is 16.3. The molecule has 2 heterocycles. The molecule has 1 atom stereocenters. The molecule has 6 nitrogen and oxygen atoms in total. The molecule has 1 aliphatic rings. The molecule has 0 aliphatic heterocycles. The number of carbonyl (C=O) groups excluding carboxylic acids is 1. The average molecular weight is 473 g/mol. The van der Waals surface area contributed by atoms with Gasteiger partial charge >= 0.3 is 5.97 Å². The Labute approximate surface area is 202 Å². The van der Waals surface area contributed by atoms with Crippen molar-refractivity contribution in [1.82, 2.24) is 4.98 Å². The number of benzene rings is 1. The maximum Gasteiger partial charge on any atom is 0.352 e. The highest BCUT2D eigenvalue weighted by atomic mass is 35.5. The summed E-state index contributed by atoms with van der Waals surface area (Å²) in [5, 5.41) is 10.8. The fraction of sp³-hybridized carbons (Fsp3) is 0.148. The first-order valence-electron chi connectivity index (χ1n) is 10.6. The summed E-state index contributed by atoms with van der Waals surface area (Å²) in [6.07, 6.45) is 6.95. The van der Waals surface area contributed by atoms with Crippen molar-refractivity contribution < 1.29 is 18.7 Å². The van der Waals surface area contributed by atoms with E-state index in [-0.39, 0.29) is 18.1 Å². The third kappa shape index (κ3) is 5.11. The van der Waals surface area contributed by atoms with Crippen molar-refractivity contribution in [1.29, 1.82) is 5.26 Å². The molecule has 3 aromatic rings. The molecule has 0 saturated heterocycles. The molecule has 0 fully saturated rings. The van der Waals surface area contributed by atoms with Crippen molar-refractivity contribution in [3.63, 3.8) is 0 Å². The van der Waals surface area contributed by atoms with Crippen LogP contribution >= 0.6 is 11.6 Å². The standard InChI is InChI=1S/C27H21ClN2O4/c1-2-14-33-27(31)25(19-7-4-3-5-8-19)34-26-22(17-29)21(24-9-6-15-32-24)16-23(30-26)18-10-12-20(28)13-11-18/h2-10,12,15-16,25H,1,11,13-14H2. The summed E-state index contributed by atoms with van der Waals surface area (Å²) in [5.74, 6) is -0.119. The molecule has 1 aromatic carbocycles. The fourth-order valence-corrected chi connectivity index (χ4v) is 3.70. The van der Waals surface area contributed by atoms with Gasteiger partial charge in [0.25, 0.3) is 0 Å². The monoisotopic (exact) mass is 472 g/mol. The number of furan rings is 1. The third-order valence-corrected chi connectivity index (χ3v) is 5.52. The summed E-state index contributed by atoms with van der Waals surface area (Å²) in [7, 11) is 0. The van der Waals surface area contributed by atoms with E-state index in [0.717, 1.165) is 10.6 Å². The van der Waals surface area contributed by atoms with Gasteiger partial charge in [-0.2, -0.15) is 5.26 Å². The lowest BCUT2D eigenvalue weighted by atomic mass is 9.98. The van der Waals surface area contributed by atoms with Gasteiger partial charge in [0, 0.05) is 16.2 Å². The Hall–Kier alpha value is -4.08. The normalized spacial score (nSPS) is 13.8. The van der Waals surface area contributed by atoms with Crippen LogP contribution in [0.4, 0.5) is 0 Å². The Morgan fingerprint density at radius 1 is 1.24 bits per heavy atom. The van der Waals surface area contributed by atoms with Crippen molar-refractivity contribution in [2.45, 2.75) is 18.9 Å². The van der Waals surface area contributed by atoms with E-state index in [1.54, 1.807) is 42.5 Å². The smallest absolute Gasteiger partial charge is 0.352 e. The van der Waals surface area contributed by atoms with Gasteiger partial charge in [0.15, 0.2) is 0 Å². The Balaban J connectivity index is 1.84. The number of nitriles is 1. The number of esters is 1. The molecule has 0 bridgehead atoms. The first kappa shape index (κ1) is 23.1. The van der Waals surface area contributed by atoms with Gasteiger partial charge in [-0.25, -0.2) is 9.78 Å². The van der Waals surface area contributed by atoms with Crippen molar-refractivity contribution >= 4 is 23.1 Å². The van der Waals surface area contributed by atoms with E-state index in [1.807, 2.05) is 18.2 Å². The predicted octanol–water partition coefficient (Wildman–Crippen LogP) is 6.36. The number of halogens is 1. The number of hydrogen-bond acceptors (Lipinski definition) is 6. The van der Waals surface area contributed by atoms with E-state index in [4.69, 9.17) is 25.5 Å². The number of nitrogens with zero attached hydrogens (tertiary/aromatic N) is 2. The molecule has 4 rings (SSSR count).